The van der Waals surface area contributed by atoms with E-state index in [1.807, 2.05) is 0 Å². The van der Waals surface area contributed by atoms with E-state index in [9.17, 15) is 0 Å². The minimum absolute atomic E-state index is 0.167. The van der Waals surface area contributed by atoms with Gasteiger partial charge >= 0.3 is 0 Å². The Morgan fingerprint density at radius 1 is 1.17 bits per heavy atom. The summed E-state index contributed by atoms with van der Waals surface area (Å²) in [6.07, 6.45) is 12.2. The van der Waals surface area contributed by atoms with E-state index in [4.69, 9.17) is 0 Å². The van der Waals surface area contributed by atoms with E-state index >= 15 is 0 Å². The molecule has 0 aliphatic heterocycles. The highest BCUT2D eigenvalue weighted by molar-refractivity contribution is 7.70. The van der Waals surface area contributed by atoms with Crippen LogP contribution in [0.2, 0.25) is 0 Å². The molecule has 0 aromatic heterocycles. The number of hydrogen-bond donors (Lipinski definition) is 0. The first kappa shape index (κ1) is 13.6. The van der Waals surface area contributed by atoms with Crippen LogP contribution in [0.1, 0.15) is 39.5 Å². The first-order valence-corrected chi connectivity index (χ1v) is 8.45. The Morgan fingerprint density at radius 3 is 2.56 bits per heavy atom. The second-order valence-corrected chi connectivity index (χ2v) is 7.61. The lowest BCUT2D eigenvalue weighted by Crippen LogP contribution is -2.12. The van der Waals surface area contributed by atoms with Gasteiger partial charge in [0.05, 0.1) is 0 Å². The summed E-state index contributed by atoms with van der Waals surface area (Å²) in [5, 5.41) is 3.12. The van der Waals surface area contributed by atoms with Crippen molar-refractivity contribution < 1.29 is 0 Å². The fourth-order valence-corrected chi connectivity index (χ4v) is 5.49. The van der Waals surface area contributed by atoms with Crippen LogP contribution in [-0.2, 0) is 0 Å². The van der Waals surface area contributed by atoms with Crippen LogP contribution in [0, 0.1) is 0 Å². The van der Waals surface area contributed by atoms with Crippen molar-refractivity contribution in [2.75, 3.05) is 0 Å². The molecule has 2 unspecified atom stereocenters. The fraction of sp³-hybridized carbons (Fsp3) is 0.412. The summed E-state index contributed by atoms with van der Waals surface area (Å²) in [7, 11) is -0.167. The molecule has 1 heteroatoms. The first-order chi connectivity index (χ1) is 8.83. The van der Waals surface area contributed by atoms with Gasteiger partial charge in [-0.1, -0.05) is 68.8 Å². The monoisotopic (exact) mass is 258 g/mol. The Balaban J connectivity index is 2.28. The van der Waals surface area contributed by atoms with Gasteiger partial charge in [-0.05, 0) is 43.5 Å². The van der Waals surface area contributed by atoms with E-state index in [0.29, 0.717) is 0 Å². The van der Waals surface area contributed by atoms with E-state index in [2.05, 4.69) is 62.4 Å². The Labute approximate surface area is 113 Å². The topological polar surface area (TPSA) is 0 Å². The summed E-state index contributed by atoms with van der Waals surface area (Å²) in [5.74, 6) is 0. The molecule has 0 spiro atoms. The van der Waals surface area contributed by atoms with Gasteiger partial charge in [0.15, 0.2) is 0 Å². The molecule has 0 amide bonds. The van der Waals surface area contributed by atoms with Crippen molar-refractivity contribution in [1.29, 1.82) is 0 Å². The maximum atomic E-state index is 2.46. The normalized spacial score (nSPS) is 18.2. The Bertz CT molecular complexity index is 416. The van der Waals surface area contributed by atoms with Crippen molar-refractivity contribution in [1.82, 2.24) is 0 Å². The molecular formula is C17H23P. The quantitative estimate of drug-likeness (QED) is 0.635. The van der Waals surface area contributed by atoms with Crippen LogP contribution in [0.5, 0.6) is 0 Å². The molecule has 0 heterocycles. The molecule has 1 aliphatic carbocycles. The minimum Gasteiger partial charge on any atom is -0.0836 e. The van der Waals surface area contributed by atoms with Crippen molar-refractivity contribution in [2.24, 2.45) is 0 Å². The highest BCUT2D eigenvalue weighted by Crippen LogP contribution is 2.51. The molecule has 1 aromatic carbocycles. The third-order valence-electron chi connectivity index (χ3n) is 3.44. The lowest BCUT2D eigenvalue weighted by Gasteiger charge is -2.27. The standard InChI is InChI=1S/C17H23P/c1-3-10-15(2)18(16-11-6-4-7-12-16)17-13-8-5-9-14-17/h4,6-8,11-15H,3,5,9-10H2,1-2H3. The molecule has 18 heavy (non-hydrogen) atoms. The van der Waals surface area contributed by atoms with E-state index < -0.39 is 0 Å². The SMILES string of the molecule is CCCC(C)P(C1=CCCC=C1)c1ccccc1. The van der Waals surface area contributed by atoms with Crippen LogP contribution in [0.4, 0.5) is 0 Å². The van der Waals surface area contributed by atoms with Crippen molar-refractivity contribution >= 4 is 13.2 Å². The van der Waals surface area contributed by atoms with Crippen molar-refractivity contribution in [2.45, 2.75) is 45.2 Å². The van der Waals surface area contributed by atoms with Crippen molar-refractivity contribution in [3.8, 4) is 0 Å². The molecule has 2 atom stereocenters. The molecule has 2 rings (SSSR count). The molecule has 0 radical (unpaired) electrons. The number of hydrogen-bond acceptors (Lipinski definition) is 0. The Kier molecular flexibility index (Phi) is 5.20. The molecule has 0 saturated heterocycles. The second-order valence-electron chi connectivity index (χ2n) is 4.95. The lowest BCUT2D eigenvalue weighted by atomic mass is 10.2. The third-order valence-corrected chi connectivity index (χ3v) is 6.32. The largest absolute Gasteiger partial charge is 0.0836 e. The van der Waals surface area contributed by atoms with Gasteiger partial charge in [0.2, 0.25) is 0 Å². The van der Waals surface area contributed by atoms with E-state index in [1.54, 1.807) is 5.31 Å². The van der Waals surface area contributed by atoms with Crippen LogP contribution in [-0.4, -0.2) is 5.66 Å². The summed E-state index contributed by atoms with van der Waals surface area (Å²) in [4.78, 5) is 0. The summed E-state index contributed by atoms with van der Waals surface area (Å²) in [6.45, 7) is 4.71. The molecule has 0 N–H and O–H groups in total. The summed E-state index contributed by atoms with van der Waals surface area (Å²) < 4.78 is 0. The maximum Gasteiger partial charge on any atom is -0.0157 e. The van der Waals surface area contributed by atoms with Crippen LogP contribution in [0.3, 0.4) is 0 Å². The van der Waals surface area contributed by atoms with Gasteiger partial charge in [-0.15, -0.1) is 0 Å². The number of allylic oxidation sites excluding steroid dienone is 4. The highest BCUT2D eigenvalue weighted by atomic mass is 31.1. The van der Waals surface area contributed by atoms with Crippen molar-refractivity contribution in [3.05, 3.63) is 53.9 Å². The summed E-state index contributed by atoms with van der Waals surface area (Å²) >= 11 is 0. The van der Waals surface area contributed by atoms with Crippen LogP contribution >= 0.6 is 7.92 Å². The van der Waals surface area contributed by atoms with E-state index in [1.165, 1.54) is 31.0 Å². The second kappa shape index (κ2) is 6.90. The number of benzene rings is 1. The van der Waals surface area contributed by atoms with Crippen molar-refractivity contribution in [3.63, 3.8) is 0 Å². The molecule has 0 fully saturated rings. The van der Waals surface area contributed by atoms with Gasteiger partial charge in [-0.2, -0.15) is 0 Å². The van der Waals surface area contributed by atoms with Gasteiger partial charge in [-0.3, -0.25) is 0 Å². The molecule has 0 saturated carbocycles. The van der Waals surface area contributed by atoms with Gasteiger partial charge in [-0.25, -0.2) is 0 Å². The van der Waals surface area contributed by atoms with Crippen LogP contribution in [0.25, 0.3) is 0 Å². The average molecular weight is 258 g/mol. The minimum atomic E-state index is -0.167. The number of rotatable bonds is 5. The predicted molar refractivity (Wildman–Crippen MR) is 83.8 cm³/mol. The summed E-state index contributed by atoms with van der Waals surface area (Å²) in [5.41, 5.74) is 0.779. The average Bonchev–Trinajstić information content (AvgIpc) is 2.42. The first-order valence-electron chi connectivity index (χ1n) is 7.04. The van der Waals surface area contributed by atoms with Gasteiger partial charge in [0.1, 0.15) is 0 Å². The zero-order valence-corrected chi connectivity index (χ0v) is 12.4. The third kappa shape index (κ3) is 3.33. The molecular weight excluding hydrogens is 235 g/mol. The van der Waals surface area contributed by atoms with Gasteiger partial charge in [0, 0.05) is 0 Å². The Morgan fingerprint density at radius 2 is 1.94 bits per heavy atom. The zero-order valence-electron chi connectivity index (χ0n) is 11.5. The fourth-order valence-electron chi connectivity index (χ4n) is 2.57. The zero-order chi connectivity index (χ0) is 12.8. The highest BCUT2D eigenvalue weighted by Gasteiger charge is 2.21. The van der Waals surface area contributed by atoms with Crippen LogP contribution in [0.15, 0.2) is 53.9 Å². The lowest BCUT2D eigenvalue weighted by molar-refractivity contribution is 0.781. The molecule has 1 aliphatic rings. The Hall–Kier alpha value is -0.870. The molecule has 96 valence electrons. The molecule has 1 aromatic rings. The van der Waals surface area contributed by atoms with Gasteiger partial charge < -0.3 is 0 Å². The smallest absolute Gasteiger partial charge is 0.0157 e. The van der Waals surface area contributed by atoms with E-state index in [0.717, 1.165) is 5.66 Å². The maximum absolute atomic E-state index is 2.46. The molecule has 0 bridgehead atoms. The predicted octanol–water partition coefficient (Wildman–Crippen LogP) is 5.22. The summed E-state index contributed by atoms with van der Waals surface area (Å²) in [6, 6.07) is 11.1. The van der Waals surface area contributed by atoms with E-state index in [-0.39, 0.29) is 7.92 Å². The molecule has 0 nitrogen and oxygen atoms in total. The van der Waals surface area contributed by atoms with Gasteiger partial charge in [0.25, 0.3) is 0 Å². The van der Waals surface area contributed by atoms with Crippen LogP contribution < -0.4 is 5.30 Å².